The quantitative estimate of drug-likeness (QED) is 0.755. The molecular formula is C14H31ClN2O2S. The van der Waals surface area contributed by atoms with Crippen molar-refractivity contribution in [1.29, 1.82) is 0 Å². The van der Waals surface area contributed by atoms with E-state index in [1.54, 1.807) is 0 Å². The molecular weight excluding hydrogens is 296 g/mol. The molecule has 0 aliphatic heterocycles. The van der Waals surface area contributed by atoms with Crippen LogP contribution in [0.2, 0.25) is 0 Å². The summed E-state index contributed by atoms with van der Waals surface area (Å²) in [5.41, 5.74) is 5.26. The normalized spacial score (nSPS) is 20.4. The second-order valence-corrected chi connectivity index (χ2v) is 8.52. The van der Waals surface area contributed by atoms with Gasteiger partial charge >= 0.3 is 0 Å². The topological polar surface area (TPSA) is 72.2 Å². The molecule has 1 saturated carbocycles. The van der Waals surface area contributed by atoms with Crippen molar-refractivity contribution < 1.29 is 8.42 Å². The largest absolute Gasteiger partial charge is 0.329 e. The van der Waals surface area contributed by atoms with Crippen molar-refractivity contribution in [2.45, 2.75) is 64.8 Å². The number of halogens is 1. The van der Waals surface area contributed by atoms with Gasteiger partial charge < -0.3 is 5.73 Å². The Morgan fingerprint density at radius 1 is 1.25 bits per heavy atom. The number of hydrogen-bond acceptors (Lipinski definition) is 3. The predicted molar refractivity (Wildman–Crippen MR) is 87.7 cm³/mol. The maximum Gasteiger partial charge on any atom is 0.212 e. The summed E-state index contributed by atoms with van der Waals surface area (Å²) in [6.07, 6.45) is 6.45. The van der Waals surface area contributed by atoms with Crippen LogP contribution in [0.3, 0.4) is 0 Å². The van der Waals surface area contributed by atoms with Gasteiger partial charge in [0.2, 0.25) is 10.0 Å². The second-order valence-electron chi connectivity index (χ2n) is 6.75. The molecule has 0 saturated heterocycles. The fourth-order valence-corrected chi connectivity index (χ4v) is 5.10. The van der Waals surface area contributed by atoms with Crippen molar-refractivity contribution in [3.05, 3.63) is 0 Å². The molecule has 0 aromatic heterocycles. The summed E-state index contributed by atoms with van der Waals surface area (Å²) >= 11 is 0. The predicted octanol–water partition coefficient (Wildman–Crippen LogP) is 2.67. The summed E-state index contributed by atoms with van der Waals surface area (Å²) in [4.78, 5) is 0. The molecule has 1 rings (SSSR count). The molecule has 1 atom stereocenters. The summed E-state index contributed by atoms with van der Waals surface area (Å²) in [5.74, 6) is 1.01. The molecule has 4 nitrogen and oxygen atoms in total. The van der Waals surface area contributed by atoms with Crippen molar-refractivity contribution in [1.82, 2.24) is 4.72 Å². The van der Waals surface area contributed by atoms with E-state index in [4.69, 9.17) is 5.73 Å². The first-order valence-corrected chi connectivity index (χ1v) is 9.13. The lowest BCUT2D eigenvalue weighted by Crippen LogP contribution is -2.53. The molecule has 0 radical (unpaired) electrons. The highest BCUT2D eigenvalue weighted by Gasteiger charge is 2.31. The van der Waals surface area contributed by atoms with Crippen LogP contribution in [0.1, 0.15) is 59.3 Å². The summed E-state index contributed by atoms with van der Waals surface area (Å²) in [6, 6.07) is 0. The fraction of sp³-hybridized carbons (Fsp3) is 1.00. The lowest BCUT2D eigenvalue weighted by molar-refractivity contribution is 0.339. The van der Waals surface area contributed by atoms with E-state index < -0.39 is 15.6 Å². The number of nitrogens with two attached hydrogens (primary N) is 1. The van der Waals surface area contributed by atoms with Gasteiger partial charge in [0.15, 0.2) is 0 Å². The third-order valence-corrected chi connectivity index (χ3v) is 5.61. The molecule has 122 valence electrons. The summed E-state index contributed by atoms with van der Waals surface area (Å²) < 4.78 is 27.4. The molecule has 6 heteroatoms. The minimum Gasteiger partial charge on any atom is -0.329 e. The van der Waals surface area contributed by atoms with Gasteiger partial charge in [-0.3, -0.25) is 0 Å². The summed E-state index contributed by atoms with van der Waals surface area (Å²) in [5, 5.41) is 0. The third-order valence-electron chi connectivity index (χ3n) is 3.89. The van der Waals surface area contributed by atoms with Crippen molar-refractivity contribution in [2.75, 3.05) is 12.3 Å². The van der Waals surface area contributed by atoms with Crippen molar-refractivity contribution in [2.24, 2.45) is 17.6 Å². The van der Waals surface area contributed by atoms with Crippen LogP contribution < -0.4 is 10.5 Å². The Kier molecular flexibility index (Phi) is 8.63. The number of nitrogens with one attached hydrogen (secondary N) is 1. The minimum atomic E-state index is -3.23. The summed E-state index contributed by atoms with van der Waals surface area (Å²) in [7, 11) is -3.23. The Morgan fingerprint density at radius 3 is 2.25 bits per heavy atom. The van der Waals surface area contributed by atoms with Crippen LogP contribution in [-0.2, 0) is 10.0 Å². The third kappa shape index (κ3) is 7.25. The molecule has 1 fully saturated rings. The van der Waals surface area contributed by atoms with Crippen LogP contribution in [0.25, 0.3) is 0 Å². The summed E-state index contributed by atoms with van der Waals surface area (Å²) in [6.45, 7) is 6.42. The maximum atomic E-state index is 12.3. The van der Waals surface area contributed by atoms with E-state index in [-0.39, 0.29) is 18.2 Å². The number of sulfonamides is 1. The lowest BCUT2D eigenvalue weighted by atomic mass is 9.91. The standard InChI is InChI=1S/C14H30N2O2S.ClH/c1-12(2)9-14(3,11-15)16-19(17,18)10-13-7-5-4-6-8-13;/h12-13,16H,4-11,15H2,1-3H3;1H. The fourth-order valence-electron chi connectivity index (χ4n) is 3.15. The van der Waals surface area contributed by atoms with Gasteiger partial charge in [-0.25, -0.2) is 13.1 Å². The van der Waals surface area contributed by atoms with E-state index in [2.05, 4.69) is 18.6 Å². The zero-order chi connectivity index (χ0) is 14.5. The molecule has 1 aliphatic rings. The van der Waals surface area contributed by atoms with Gasteiger partial charge in [-0.15, -0.1) is 12.4 Å². The SMILES string of the molecule is CC(C)CC(C)(CN)NS(=O)(=O)CC1CCCCC1.Cl. The molecule has 1 aliphatic carbocycles. The first kappa shape index (κ1) is 20.2. The molecule has 0 aromatic rings. The maximum absolute atomic E-state index is 12.3. The first-order valence-electron chi connectivity index (χ1n) is 7.48. The van der Waals surface area contributed by atoms with E-state index in [1.807, 2.05) is 6.92 Å². The Hall–Kier alpha value is 0.160. The molecule has 0 spiro atoms. The average Bonchev–Trinajstić information content (AvgIpc) is 2.27. The zero-order valence-electron chi connectivity index (χ0n) is 13.0. The molecule has 0 aromatic carbocycles. The van der Waals surface area contributed by atoms with E-state index >= 15 is 0 Å². The van der Waals surface area contributed by atoms with Gasteiger partial charge in [-0.1, -0.05) is 33.1 Å². The lowest BCUT2D eigenvalue weighted by Gasteiger charge is -2.32. The Morgan fingerprint density at radius 2 is 1.80 bits per heavy atom. The van der Waals surface area contributed by atoms with Gasteiger partial charge in [0, 0.05) is 12.1 Å². The molecule has 3 N–H and O–H groups in total. The van der Waals surface area contributed by atoms with Crippen LogP contribution >= 0.6 is 12.4 Å². The number of rotatable bonds is 7. The Balaban J connectivity index is 0.00000361. The number of hydrogen-bond donors (Lipinski definition) is 2. The van der Waals surface area contributed by atoms with Crippen LogP contribution in [0.5, 0.6) is 0 Å². The van der Waals surface area contributed by atoms with Gasteiger partial charge in [0.05, 0.1) is 5.75 Å². The van der Waals surface area contributed by atoms with Gasteiger partial charge in [0.1, 0.15) is 0 Å². The minimum absolute atomic E-state index is 0. The zero-order valence-corrected chi connectivity index (χ0v) is 14.7. The molecule has 0 bridgehead atoms. The van der Waals surface area contributed by atoms with Crippen molar-refractivity contribution in [3.63, 3.8) is 0 Å². The monoisotopic (exact) mass is 326 g/mol. The van der Waals surface area contributed by atoms with E-state index in [1.165, 1.54) is 19.3 Å². The van der Waals surface area contributed by atoms with Crippen LogP contribution in [-0.4, -0.2) is 26.3 Å². The van der Waals surface area contributed by atoms with Crippen LogP contribution in [0, 0.1) is 11.8 Å². The van der Waals surface area contributed by atoms with Crippen molar-refractivity contribution >= 4 is 22.4 Å². The van der Waals surface area contributed by atoms with E-state index in [0.717, 1.165) is 19.3 Å². The van der Waals surface area contributed by atoms with E-state index in [9.17, 15) is 8.42 Å². The highest BCUT2D eigenvalue weighted by atomic mass is 35.5. The molecule has 0 heterocycles. The van der Waals surface area contributed by atoms with Gasteiger partial charge in [-0.05, 0) is 38.0 Å². The molecule has 1 unspecified atom stereocenters. The molecule has 0 amide bonds. The Bertz CT molecular complexity index is 367. The average molecular weight is 327 g/mol. The van der Waals surface area contributed by atoms with Crippen LogP contribution in [0.4, 0.5) is 0 Å². The highest BCUT2D eigenvalue weighted by molar-refractivity contribution is 7.89. The first-order chi connectivity index (χ1) is 8.76. The van der Waals surface area contributed by atoms with Gasteiger partial charge in [0.25, 0.3) is 0 Å². The second kappa shape index (κ2) is 8.57. The highest BCUT2D eigenvalue weighted by Crippen LogP contribution is 2.25. The van der Waals surface area contributed by atoms with Crippen molar-refractivity contribution in [3.8, 4) is 0 Å². The van der Waals surface area contributed by atoms with Gasteiger partial charge in [-0.2, -0.15) is 0 Å². The Labute approximate surface area is 130 Å². The van der Waals surface area contributed by atoms with Crippen LogP contribution in [0.15, 0.2) is 0 Å². The van der Waals surface area contributed by atoms with E-state index in [0.29, 0.717) is 18.4 Å². The molecule has 20 heavy (non-hydrogen) atoms. The smallest absolute Gasteiger partial charge is 0.212 e.